The molecule has 3 rings (SSSR count). The van der Waals surface area contributed by atoms with Crippen molar-refractivity contribution in [3.63, 3.8) is 0 Å². The normalized spacial score (nSPS) is 18.0. The fourth-order valence-electron chi connectivity index (χ4n) is 2.49. The van der Waals surface area contributed by atoms with Crippen LogP contribution in [0.25, 0.3) is 6.08 Å². The van der Waals surface area contributed by atoms with Crippen LogP contribution in [0.5, 0.6) is 0 Å². The second kappa shape index (κ2) is 8.50. The molecule has 2 aromatic rings. The third-order valence-electron chi connectivity index (χ3n) is 3.85. The average Bonchev–Trinajstić information content (AvgIpc) is 3.14. The van der Waals surface area contributed by atoms with E-state index in [2.05, 4.69) is 15.4 Å². The number of ether oxygens (including phenoxy) is 2. The highest BCUT2D eigenvalue weighted by atomic mass is 16.5. The summed E-state index contributed by atoms with van der Waals surface area (Å²) >= 11 is 0. The van der Waals surface area contributed by atoms with Gasteiger partial charge in [0.2, 0.25) is 11.7 Å². The van der Waals surface area contributed by atoms with E-state index in [0.29, 0.717) is 38.7 Å². The van der Waals surface area contributed by atoms with Crippen molar-refractivity contribution in [2.75, 3.05) is 33.4 Å². The Bertz CT molecular complexity index is 716. The summed E-state index contributed by atoms with van der Waals surface area (Å²) in [5.74, 6) is 0.435. The van der Waals surface area contributed by atoms with Gasteiger partial charge >= 0.3 is 0 Å². The van der Waals surface area contributed by atoms with Crippen molar-refractivity contribution in [3.8, 4) is 0 Å². The van der Waals surface area contributed by atoms with Gasteiger partial charge in [0, 0.05) is 19.7 Å². The zero-order chi connectivity index (χ0) is 17.5. The van der Waals surface area contributed by atoms with Crippen molar-refractivity contribution in [2.45, 2.75) is 12.6 Å². The molecule has 1 unspecified atom stereocenters. The van der Waals surface area contributed by atoms with E-state index in [4.69, 9.17) is 9.47 Å². The Balaban J connectivity index is 1.59. The lowest BCUT2D eigenvalue weighted by Crippen LogP contribution is -2.41. The largest absolute Gasteiger partial charge is 0.383 e. The number of methoxy groups -OCH3 is 1. The number of hydrogen-bond donors (Lipinski definition) is 0. The molecule has 0 bridgehead atoms. The van der Waals surface area contributed by atoms with Crippen molar-refractivity contribution >= 4 is 12.0 Å². The lowest BCUT2D eigenvalue weighted by molar-refractivity contribution is -0.134. The number of rotatable bonds is 6. The molecule has 1 amide bonds. The summed E-state index contributed by atoms with van der Waals surface area (Å²) in [5, 5.41) is 12.3. The minimum atomic E-state index is -0.362. The standard InChI is InChI=1S/C17H21N5O3/c1-24-11-10-22-19-17(18-20-22)15-13-21(9-12-25-15)16(23)8-7-14-5-3-2-4-6-14/h2-8,15H,9-13H2,1H3. The first-order chi connectivity index (χ1) is 12.3. The Morgan fingerprint density at radius 2 is 2.24 bits per heavy atom. The van der Waals surface area contributed by atoms with Gasteiger partial charge < -0.3 is 14.4 Å². The quantitative estimate of drug-likeness (QED) is 0.726. The van der Waals surface area contributed by atoms with Crippen LogP contribution in [0.4, 0.5) is 0 Å². The molecular weight excluding hydrogens is 322 g/mol. The number of hydrogen-bond acceptors (Lipinski definition) is 6. The number of amides is 1. The van der Waals surface area contributed by atoms with E-state index in [1.54, 1.807) is 18.1 Å². The van der Waals surface area contributed by atoms with Gasteiger partial charge in [0.05, 0.1) is 26.3 Å². The molecule has 132 valence electrons. The topological polar surface area (TPSA) is 82.4 Å². The minimum absolute atomic E-state index is 0.0519. The van der Waals surface area contributed by atoms with Gasteiger partial charge in [0.1, 0.15) is 6.10 Å². The van der Waals surface area contributed by atoms with E-state index in [9.17, 15) is 4.79 Å². The highest BCUT2D eigenvalue weighted by Gasteiger charge is 2.27. The molecule has 0 N–H and O–H groups in total. The monoisotopic (exact) mass is 343 g/mol. The van der Waals surface area contributed by atoms with Crippen LogP contribution < -0.4 is 0 Å². The predicted molar refractivity (Wildman–Crippen MR) is 90.4 cm³/mol. The summed E-state index contributed by atoms with van der Waals surface area (Å²) in [7, 11) is 1.62. The Morgan fingerprint density at radius 3 is 3.04 bits per heavy atom. The molecule has 0 spiro atoms. The maximum Gasteiger partial charge on any atom is 0.246 e. The predicted octanol–water partition coefficient (Wildman–Crippen LogP) is 0.933. The molecule has 1 aliphatic rings. The van der Waals surface area contributed by atoms with Crippen LogP contribution in [0, 0.1) is 0 Å². The Kier molecular flexibility index (Phi) is 5.86. The maximum atomic E-state index is 12.4. The molecule has 2 heterocycles. The Morgan fingerprint density at radius 1 is 1.40 bits per heavy atom. The van der Waals surface area contributed by atoms with Crippen LogP contribution >= 0.6 is 0 Å². The fourth-order valence-corrected chi connectivity index (χ4v) is 2.49. The van der Waals surface area contributed by atoms with Crippen LogP contribution in [0.2, 0.25) is 0 Å². The van der Waals surface area contributed by atoms with Gasteiger partial charge in [-0.2, -0.15) is 4.80 Å². The van der Waals surface area contributed by atoms with Crippen LogP contribution in [0.15, 0.2) is 36.4 Å². The minimum Gasteiger partial charge on any atom is -0.383 e. The lowest BCUT2D eigenvalue weighted by atomic mass is 10.2. The molecule has 1 atom stereocenters. The first-order valence-corrected chi connectivity index (χ1v) is 8.16. The number of tetrazole rings is 1. The lowest BCUT2D eigenvalue weighted by Gasteiger charge is -2.30. The smallest absolute Gasteiger partial charge is 0.246 e. The van der Waals surface area contributed by atoms with Gasteiger partial charge in [-0.1, -0.05) is 30.3 Å². The molecular formula is C17H21N5O3. The van der Waals surface area contributed by atoms with Gasteiger partial charge in [-0.3, -0.25) is 4.79 Å². The fraction of sp³-hybridized carbons (Fsp3) is 0.412. The summed E-state index contributed by atoms with van der Waals surface area (Å²) in [5.41, 5.74) is 0.989. The number of carbonyl (C=O) groups excluding carboxylic acids is 1. The summed E-state index contributed by atoms with van der Waals surface area (Å²) in [6.45, 7) is 2.44. The molecule has 8 heteroatoms. The molecule has 25 heavy (non-hydrogen) atoms. The molecule has 8 nitrogen and oxygen atoms in total. The summed E-state index contributed by atoms with van der Waals surface area (Å²) in [6.07, 6.45) is 3.03. The molecule has 1 saturated heterocycles. The summed E-state index contributed by atoms with van der Waals surface area (Å²) in [4.78, 5) is 15.6. The molecule has 1 aliphatic heterocycles. The molecule has 0 aliphatic carbocycles. The van der Waals surface area contributed by atoms with Crippen LogP contribution in [0.1, 0.15) is 17.5 Å². The highest BCUT2D eigenvalue weighted by molar-refractivity contribution is 5.91. The van der Waals surface area contributed by atoms with Crippen molar-refractivity contribution in [2.24, 2.45) is 0 Å². The maximum absolute atomic E-state index is 12.4. The number of benzene rings is 1. The van der Waals surface area contributed by atoms with Crippen LogP contribution in [-0.2, 0) is 20.8 Å². The second-order valence-corrected chi connectivity index (χ2v) is 5.62. The van der Waals surface area contributed by atoms with Crippen LogP contribution in [-0.4, -0.2) is 64.4 Å². The van der Waals surface area contributed by atoms with Crippen LogP contribution in [0.3, 0.4) is 0 Å². The Labute approximate surface area is 146 Å². The molecule has 0 radical (unpaired) electrons. The number of morpholine rings is 1. The third kappa shape index (κ3) is 4.71. The second-order valence-electron chi connectivity index (χ2n) is 5.62. The molecule has 0 saturated carbocycles. The van der Waals surface area contributed by atoms with Crippen molar-refractivity contribution in [1.29, 1.82) is 0 Å². The molecule has 1 aromatic heterocycles. The van der Waals surface area contributed by atoms with Gasteiger partial charge in [0.15, 0.2) is 0 Å². The van der Waals surface area contributed by atoms with E-state index < -0.39 is 0 Å². The van der Waals surface area contributed by atoms with Gasteiger partial charge in [-0.25, -0.2) is 0 Å². The average molecular weight is 343 g/mol. The van der Waals surface area contributed by atoms with Gasteiger partial charge in [0.25, 0.3) is 0 Å². The van der Waals surface area contributed by atoms with Crippen molar-refractivity contribution < 1.29 is 14.3 Å². The Hall–Kier alpha value is -2.58. The van der Waals surface area contributed by atoms with Crippen molar-refractivity contribution in [1.82, 2.24) is 25.1 Å². The first-order valence-electron chi connectivity index (χ1n) is 8.16. The van der Waals surface area contributed by atoms with E-state index in [-0.39, 0.29) is 12.0 Å². The zero-order valence-corrected chi connectivity index (χ0v) is 14.1. The molecule has 1 fully saturated rings. The van der Waals surface area contributed by atoms with E-state index >= 15 is 0 Å². The third-order valence-corrected chi connectivity index (χ3v) is 3.85. The number of carbonyl (C=O) groups is 1. The SMILES string of the molecule is COCCn1nnc(C2CN(C(=O)C=Cc3ccccc3)CCO2)n1. The van der Waals surface area contributed by atoms with E-state index in [1.165, 1.54) is 4.80 Å². The highest BCUT2D eigenvalue weighted by Crippen LogP contribution is 2.18. The number of aromatic nitrogens is 4. The van der Waals surface area contributed by atoms with Gasteiger partial charge in [-0.15, -0.1) is 10.2 Å². The van der Waals surface area contributed by atoms with E-state index in [1.807, 2.05) is 36.4 Å². The zero-order valence-electron chi connectivity index (χ0n) is 14.1. The van der Waals surface area contributed by atoms with Gasteiger partial charge in [-0.05, 0) is 16.9 Å². The van der Waals surface area contributed by atoms with Crippen molar-refractivity contribution in [3.05, 3.63) is 47.8 Å². The molecule has 1 aromatic carbocycles. The summed E-state index contributed by atoms with van der Waals surface area (Å²) < 4.78 is 10.7. The first kappa shape index (κ1) is 17.2. The van der Waals surface area contributed by atoms with E-state index in [0.717, 1.165) is 5.56 Å². The summed E-state index contributed by atoms with van der Waals surface area (Å²) in [6, 6.07) is 9.72. The number of nitrogens with zero attached hydrogens (tertiary/aromatic N) is 5.